The number of nitrogens with zero attached hydrogens (tertiary/aromatic N) is 2. The van der Waals surface area contributed by atoms with Crippen LogP contribution in [0.25, 0.3) is 12.2 Å². The summed E-state index contributed by atoms with van der Waals surface area (Å²) in [6.07, 6.45) is 2.74. The zero-order chi connectivity index (χ0) is 21.0. The smallest absolute Gasteiger partial charge is 0.387 e. The summed E-state index contributed by atoms with van der Waals surface area (Å²) in [5, 5.41) is 0. The average molecular weight is 424 g/mol. The summed E-state index contributed by atoms with van der Waals surface area (Å²) in [6, 6.07) is 5.77. The van der Waals surface area contributed by atoms with Crippen molar-refractivity contribution in [2.75, 3.05) is 19.7 Å². The number of thiazole rings is 1. The summed E-state index contributed by atoms with van der Waals surface area (Å²) in [6.45, 7) is 0.0632. The monoisotopic (exact) mass is 424 g/mol. The van der Waals surface area contributed by atoms with Crippen LogP contribution in [0.4, 0.5) is 8.78 Å². The molecule has 0 bridgehead atoms. The molecule has 1 aromatic carbocycles. The van der Waals surface area contributed by atoms with E-state index < -0.39 is 18.1 Å². The third-order valence-corrected chi connectivity index (χ3v) is 5.02. The summed E-state index contributed by atoms with van der Waals surface area (Å²) in [5.41, 5.74) is 0.158. The average Bonchev–Trinajstić information content (AvgIpc) is 3.47. The van der Waals surface area contributed by atoms with Gasteiger partial charge < -0.3 is 14.4 Å². The zero-order valence-electron chi connectivity index (χ0n) is 15.5. The SMILES string of the molecule is CCOC(=O)C=c1sc(=Cc2ccc(OC(F)F)cc2)c(=O)n1CC(=O)N1CC1. The standard InChI is InChI=1S/C19H18F2N2O5S/c1-2-27-17(25)10-16-23(11-15(24)22-7-8-22)18(26)14(29-16)9-12-3-5-13(6-4-12)28-19(20)21/h3-6,9-10,19H,2,7-8,11H2,1H3. The van der Waals surface area contributed by atoms with Crippen LogP contribution < -0.4 is 19.5 Å². The van der Waals surface area contributed by atoms with Gasteiger partial charge in [0.2, 0.25) is 5.91 Å². The first-order valence-corrected chi connectivity index (χ1v) is 9.61. The van der Waals surface area contributed by atoms with Gasteiger partial charge in [-0.2, -0.15) is 8.78 Å². The van der Waals surface area contributed by atoms with Crippen LogP contribution in [0.3, 0.4) is 0 Å². The Morgan fingerprint density at radius 1 is 1.24 bits per heavy atom. The van der Waals surface area contributed by atoms with Gasteiger partial charge in [0.25, 0.3) is 5.56 Å². The highest BCUT2D eigenvalue weighted by Crippen LogP contribution is 2.15. The number of hydrogen-bond donors (Lipinski definition) is 0. The van der Waals surface area contributed by atoms with Crippen molar-refractivity contribution in [1.29, 1.82) is 0 Å². The third kappa shape index (κ3) is 5.50. The van der Waals surface area contributed by atoms with Gasteiger partial charge >= 0.3 is 12.6 Å². The van der Waals surface area contributed by atoms with Crippen LogP contribution in [0, 0.1) is 0 Å². The second kappa shape index (κ2) is 8.99. The Balaban J connectivity index is 1.98. The van der Waals surface area contributed by atoms with Crippen LogP contribution >= 0.6 is 11.3 Å². The molecular formula is C19H18F2N2O5S. The second-order valence-electron chi connectivity index (χ2n) is 6.06. The summed E-state index contributed by atoms with van der Waals surface area (Å²) in [7, 11) is 0. The van der Waals surface area contributed by atoms with Gasteiger partial charge in [-0.05, 0) is 30.7 Å². The lowest BCUT2D eigenvalue weighted by Crippen LogP contribution is -2.36. The van der Waals surface area contributed by atoms with Crippen molar-refractivity contribution in [2.45, 2.75) is 20.1 Å². The maximum absolute atomic E-state index is 12.8. The fourth-order valence-electron chi connectivity index (χ4n) is 2.51. The normalized spacial score (nSPS) is 14.4. The van der Waals surface area contributed by atoms with Gasteiger partial charge in [-0.3, -0.25) is 14.2 Å². The number of esters is 1. The molecule has 0 unspecified atom stereocenters. The van der Waals surface area contributed by atoms with Gasteiger partial charge in [0.15, 0.2) is 0 Å². The lowest BCUT2D eigenvalue weighted by atomic mass is 10.2. The van der Waals surface area contributed by atoms with Crippen LogP contribution in [0.15, 0.2) is 29.1 Å². The topological polar surface area (TPSA) is 77.6 Å². The first-order chi connectivity index (χ1) is 13.9. The molecule has 1 saturated heterocycles. The molecule has 0 N–H and O–H groups in total. The molecule has 10 heteroatoms. The third-order valence-electron chi connectivity index (χ3n) is 3.96. The fourth-order valence-corrected chi connectivity index (χ4v) is 3.54. The molecule has 0 radical (unpaired) electrons. The van der Waals surface area contributed by atoms with Gasteiger partial charge in [0, 0.05) is 13.1 Å². The summed E-state index contributed by atoms with van der Waals surface area (Å²) in [4.78, 5) is 38.4. The van der Waals surface area contributed by atoms with Crippen LogP contribution in [0.1, 0.15) is 12.5 Å². The van der Waals surface area contributed by atoms with E-state index in [2.05, 4.69) is 4.74 Å². The number of hydrogen-bond acceptors (Lipinski definition) is 6. The van der Waals surface area contributed by atoms with Crippen molar-refractivity contribution in [2.24, 2.45) is 0 Å². The molecule has 1 fully saturated rings. The summed E-state index contributed by atoms with van der Waals surface area (Å²) in [5.74, 6) is -0.814. The Hall–Kier alpha value is -3.01. The highest BCUT2D eigenvalue weighted by molar-refractivity contribution is 7.07. The predicted octanol–water partition coefficient (Wildman–Crippen LogP) is 0.526. The molecule has 0 saturated carbocycles. The minimum atomic E-state index is -2.92. The molecule has 29 heavy (non-hydrogen) atoms. The fraction of sp³-hybridized carbons (Fsp3) is 0.316. The van der Waals surface area contributed by atoms with E-state index in [1.807, 2.05) is 0 Å². The number of aromatic nitrogens is 1. The van der Waals surface area contributed by atoms with E-state index in [-0.39, 0.29) is 24.8 Å². The van der Waals surface area contributed by atoms with Crippen molar-refractivity contribution >= 4 is 35.4 Å². The molecule has 2 heterocycles. The van der Waals surface area contributed by atoms with E-state index in [1.54, 1.807) is 17.9 Å². The minimum Gasteiger partial charge on any atom is -0.463 e. The Labute approximate surface area is 168 Å². The van der Waals surface area contributed by atoms with Crippen molar-refractivity contribution in [3.8, 4) is 5.75 Å². The highest BCUT2D eigenvalue weighted by atomic mass is 32.1. The van der Waals surface area contributed by atoms with E-state index in [0.717, 1.165) is 11.3 Å². The Kier molecular flexibility index (Phi) is 6.42. The van der Waals surface area contributed by atoms with Gasteiger partial charge in [-0.15, -0.1) is 11.3 Å². The number of benzene rings is 1. The number of amides is 1. The minimum absolute atomic E-state index is 0.00107. The maximum Gasteiger partial charge on any atom is 0.387 e. The first kappa shape index (κ1) is 20.7. The van der Waals surface area contributed by atoms with E-state index in [9.17, 15) is 23.2 Å². The molecular weight excluding hydrogens is 406 g/mol. The molecule has 154 valence electrons. The van der Waals surface area contributed by atoms with Crippen LogP contribution in [-0.4, -0.2) is 47.7 Å². The highest BCUT2D eigenvalue weighted by Gasteiger charge is 2.25. The van der Waals surface area contributed by atoms with Gasteiger partial charge in [-0.1, -0.05) is 12.1 Å². The van der Waals surface area contributed by atoms with E-state index in [1.165, 1.54) is 34.9 Å². The molecule has 1 aliphatic heterocycles. The van der Waals surface area contributed by atoms with Crippen LogP contribution in [-0.2, 0) is 20.9 Å². The zero-order valence-corrected chi connectivity index (χ0v) is 16.3. The molecule has 1 aliphatic rings. The molecule has 1 amide bonds. The second-order valence-corrected chi connectivity index (χ2v) is 7.13. The molecule has 0 atom stereocenters. The van der Waals surface area contributed by atoms with Gasteiger partial charge in [0.1, 0.15) is 17.0 Å². The predicted molar refractivity (Wildman–Crippen MR) is 102 cm³/mol. The van der Waals surface area contributed by atoms with Crippen LogP contribution in [0.2, 0.25) is 0 Å². The number of carbonyl (C=O) groups excluding carboxylic acids is 2. The number of alkyl halides is 2. The van der Waals surface area contributed by atoms with E-state index in [0.29, 0.717) is 27.8 Å². The molecule has 3 rings (SSSR count). The Bertz CT molecular complexity index is 1070. The molecule has 7 nitrogen and oxygen atoms in total. The largest absolute Gasteiger partial charge is 0.463 e. The molecule has 1 aromatic heterocycles. The number of halogens is 2. The number of ether oxygens (including phenoxy) is 2. The first-order valence-electron chi connectivity index (χ1n) is 8.80. The summed E-state index contributed by atoms with van der Waals surface area (Å²) >= 11 is 1.04. The van der Waals surface area contributed by atoms with E-state index in [4.69, 9.17) is 4.74 Å². The summed E-state index contributed by atoms with van der Waals surface area (Å²) < 4.78 is 35.5. The Morgan fingerprint density at radius 3 is 2.52 bits per heavy atom. The number of carbonyl (C=O) groups is 2. The van der Waals surface area contributed by atoms with Crippen LogP contribution in [0.5, 0.6) is 5.75 Å². The lowest BCUT2D eigenvalue weighted by Gasteiger charge is -2.03. The molecule has 0 spiro atoms. The van der Waals surface area contributed by atoms with Gasteiger partial charge in [0.05, 0.1) is 17.2 Å². The van der Waals surface area contributed by atoms with Crippen molar-refractivity contribution < 1.29 is 27.8 Å². The van der Waals surface area contributed by atoms with Crippen molar-refractivity contribution in [1.82, 2.24) is 9.47 Å². The molecule has 2 aromatic rings. The van der Waals surface area contributed by atoms with Gasteiger partial charge in [-0.25, -0.2) is 4.79 Å². The van der Waals surface area contributed by atoms with Crippen molar-refractivity contribution in [3.05, 3.63) is 49.4 Å². The van der Waals surface area contributed by atoms with E-state index >= 15 is 0 Å². The maximum atomic E-state index is 12.8. The molecule has 0 aliphatic carbocycles. The number of rotatable bonds is 7. The Morgan fingerprint density at radius 2 is 1.93 bits per heavy atom. The van der Waals surface area contributed by atoms with Crippen molar-refractivity contribution in [3.63, 3.8) is 0 Å². The quantitative estimate of drug-likeness (QED) is 0.479. The lowest BCUT2D eigenvalue weighted by molar-refractivity contribution is -0.135.